The summed E-state index contributed by atoms with van der Waals surface area (Å²) in [6, 6.07) is 11.4. The topological polar surface area (TPSA) is 88.5 Å². The zero-order chi connectivity index (χ0) is 22.8. The lowest BCUT2D eigenvalue weighted by Crippen LogP contribution is -2.32. The zero-order valence-corrected chi connectivity index (χ0v) is 18.3. The number of fused-ring (bicyclic) bond motifs is 1. The number of methoxy groups -OCH3 is 1. The van der Waals surface area contributed by atoms with Gasteiger partial charge in [-0.3, -0.25) is 9.59 Å². The predicted octanol–water partition coefficient (Wildman–Crippen LogP) is 2.80. The number of aliphatic hydroxyl groups is 1. The van der Waals surface area contributed by atoms with Crippen LogP contribution in [0.15, 0.2) is 48.0 Å². The number of benzene rings is 2. The first-order valence-electron chi connectivity index (χ1n) is 10.4. The van der Waals surface area contributed by atoms with E-state index in [2.05, 4.69) is 0 Å². The summed E-state index contributed by atoms with van der Waals surface area (Å²) in [7, 11) is 5.48. The third-order valence-corrected chi connectivity index (χ3v) is 5.62. The van der Waals surface area contributed by atoms with Crippen LogP contribution in [0.1, 0.15) is 23.6 Å². The van der Waals surface area contributed by atoms with Gasteiger partial charge in [0.2, 0.25) is 6.79 Å². The molecule has 2 heterocycles. The number of nitrogens with zero attached hydrogens (tertiary/aromatic N) is 2. The van der Waals surface area contributed by atoms with E-state index in [1.165, 1.54) is 4.90 Å². The van der Waals surface area contributed by atoms with Crippen molar-refractivity contribution in [2.24, 2.45) is 0 Å². The molecule has 0 aromatic heterocycles. The standard InChI is InChI=1S/C24H26N2O6/c1-25(2)11-4-12-26-21(15-5-8-17(30-3)9-6-15)20(23(28)24(26)29)22(27)16-7-10-18-19(13-16)32-14-31-18/h5-10,13,21,27H,4,11-12,14H2,1-3H3. The SMILES string of the molecule is COc1ccc(C2C(=C(O)c3ccc4c(c3)OCO4)C(=O)C(=O)N2CCCN(C)C)cc1. The van der Waals surface area contributed by atoms with E-state index < -0.39 is 17.7 Å². The number of likely N-dealkylation sites (tertiary alicyclic amines) is 1. The van der Waals surface area contributed by atoms with E-state index in [-0.39, 0.29) is 18.1 Å². The fourth-order valence-electron chi connectivity index (χ4n) is 4.00. The Morgan fingerprint density at radius 2 is 1.84 bits per heavy atom. The molecule has 0 radical (unpaired) electrons. The van der Waals surface area contributed by atoms with E-state index in [4.69, 9.17) is 14.2 Å². The Hall–Kier alpha value is -3.52. The number of ether oxygens (including phenoxy) is 3. The van der Waals surface area contributed by atoms with Crippen molar-refractivity contribution in [2.75, 3.05) is 41.1 Å². The third kappa shape index (κ3) is 4.01. The second kappa shape index (κ2) is 8.92. The van der Waals surface area contributed by atoms with Crippen LogP contribution in [-0.2, 0) is 9.59 Å². The van der Waals surface area contributed by atoms with Gasteiger partial charge in [-0.2, -0.15) is 0 Å². The monoisotopic (exact) mass is 438 g/mol. The largest absolute Gasteiger partial charge is 0.507 e. The second-order valence-corrected chi connectivity index (χ2v) is 7.99. The van der Waals surface area contributed by atoms with Gasteiger partial charge in [0.1, 0.15) is 11.5 Å². The molecule has 2 aromatic rings. The van der Waals surface area contributed by atoms with Gasteiger partial charge in [-0.15, -0.1) is 0 Å². The highest BCUT2D eigenvalue weighted by molar-refractivity contribution is 6.46. The van der Waals surface area contributed by atoms with Crippen LogP contribution in [-0.4, -0.2) is 67.7 Å². The predicted molar refractivity (Wildman–Crippen MR) is 118 cm³/mol. The molecule has 32 heavy (non-hydrogen) atoms. The van der Waals surface area contributed by atoms with Crippen LogP contribution in [0.5, 0.6) is 17.2 Å². The Morgan fingerprint density at radius 3 is 2.53 bits per heavy atom. The molecule has 1 fully saturated rings. The molecule has 0 bridgehead atoms. The first-order chi connectivity index (χ1) is 15.4. The van der Waals surface area contributed by atoms with Crippen LogP contribution < -0.4 is 14.2 Å². The van der Waals surface area contributed by atoms with Gasteiger partial charge in [-0.05, 0) is 63.0 Å². The number of hydrogen-bond donors (Lipinski definition) is 1. The van der Waals surface area contributed by atoms with Crippen molar-refractivity contribution in [3.63, 3.8) is 0 Å². The smallest absolute Gasteiger partial charge is 0.295 e. The van der Waals surface area contributed by atoms with Crippen molar-refractivity contribution in [3.8, 4) is 17.2 Å². The number of carbonyl (C=O) groups excluding carboxylic acids is 2. The Kier molecular flexibility index (Phi) is 6.05. The van der Waals surface area contributed by atoms with Crippen molar-refractivity contribution in [3.05, 3.63) is 59.2 Å². The van der Waals surface area contributed by atoms with E-state index >= 15 is 0 Å². The fourth-order valence-corrected chi connectivity index (χ4v) is 4.00. The number of hydrogen-bond acceptors (Lipinski definition) is 7. The summed E-state index contributed by atoms with van der Waals surface area (Å²) in [5, 5.41) is 11.2. The molecule has 2 aromatic carbocycles. The minimum absolute atomic E-state index is 0.0592. The molecule has 0 saturated carbocycles. The molecule has 2 aliphatic heterocycles. The van der Waals surface area contributed by atoms with Gasteiger partial charge in [-0.25, -0.2) is 0 Å². The number of aliphatic hydroxyl groups excluding tert-OH is 1. The number of ketones is 1. The Bertz CT molecular complexity index is 1060. The van der Waals surface area contributed by atoms with E-state index in [9.17, 15) is 14.7 Å². The molecule has 0 aliphatic carbocycles. The van der Waals surface area contributed by atoms with Gasteiger partial charge in [0.25, 0.3) is 11.7 Å². The van der Waals surface area contributed by atoms with Crippen molar-refractivity contribution in [2.45, 2.75) is 12.5 Å². The molecule has 2 aliphatic rings. The van der Waals surface area contributed by atoms with Crippen molar-refractivity contribution in [1.82, 2.24) is 9.80 Å². The highest BCUT2D eigenvalue weighted by atomic mass is 16.7. The molecule has 1 unspecified atom stereocenters. The average molecular weight is 438 g/mol. The number of carbonyl (C=O) groups is 2. The lowest BCUT2D eigenvalue weighted by atomic mass is 9.95. The maximum Gasteiger partial charge on any atom is 0.295 e. The van der Waals surface area contributed by atoms with Crippen LogP contribution in [0.4, 0.5) is 0 Å². The summed E-state index contributed by atoms with van der Waals surface area (Å²) in [6.45, 7) is 1.25. The summed E-state index contributed by atoms with van der Waals surface area (Å²) in [5.74, 6) is 0.150. The van der Waals surface area contributed by atoms with Gasteiger partial charge in [0, 0.05) is 12.1 Å². The molecule has 1 saturated heterocycles. The third-order valence-electron chi connectivity index (χ3n) is 5.62. The molecule has 8 nitrogen and oxygen atoms in total. The normalized spacial score (nSPS) is 19.1. The van der Waals surface area contributed by atoms with E-state index in [0.29, 0.717) is 35.8 Å². The molecule has 8 heteroatoms. The van der Waals surface area contributed by atoms with E-state index in [0.717, 1.165) is 12.1 Å². The quantitative estimate of drug-likeness (QED) is 0.404. The van der Waals surface area contributed by atoms with Crippen molar-refractivity contribution < 1.29 is 28.9 Å². The van der Waals surface area contributed by atoms with Gasteiger partial charge < -0.3 is 29.1 Å². The number of rotatable bonds is 7. The second-order valence-electron chi connectivity index (χ2n) is 7.99. The van der Waals surface area contributed by atoms with Gasteiger partial charge >= 0.3 is 0 Å². The molecule has 1 N–H and O–H groups in total. The fraction of sp³-hybridized carbons (Fsp3) is 0.333. The molecule has 1 atom stereocenters. The van der Waals surface area contributed by atoms with Crippen LogP contribution in [0, 0.1) is 0 Å². The maximum atomic E-state index is 13.1. The summed E-state index contributed by atoms with van der Waals surface area (Å²) in [6.07, 6.45) is 0.691. The summed E-state index contributed by atoms with van der Waals surface area (Å²) in [4.78, 5) is 29.6. The molecular formula is C24H26N2O6. The van der Waals surface area contributed by atoms with Crippen LogP contribution in [0.2, 0.25) is 0 Å². The first-order valence-corrected chi connectivity index (χ1v) is 10.4. The van der Waals surface area contributed by atoms with Crippen LogP contribution in [0.3, 0.4) is 0 Å². The maximum absolute atomic E-state index is 13.1. The van der Waals surface area contributed by atoms with Gasteiger partial charge in [0.05, 0.1) is 18.7 Å². The highest BCUT2D eigenvalue weighted by Crippen LogP contribution is 2.41. The van der Waals surface area contributed by atoms with E-state index in [1.807, 2.05) is 19.0 Å². The lowest BCUT2D eigenvalue weighted by Gasteiger charge is -2.26. The van der Waals surface area contributed by atoms with E-state index in [1.54, 1.807) is 49.6 Å². The minimum Gasteiger partial charge on any atom is -0.507 e. The van der Waals surface area contributed by atoms with Crippen molar-refractivity contribution in [1.29, 1.82) is 0 Å². The molecule has 4 rings (SSSR count). The first kappa shape index (κ1) is 21.7. The van der Waals surface area contributed by atoms with Gasteiger partial charge in [-0.1, -0.05) is 12.1 Å². The molecule has 168 valence electrons. The Morgan fingerprint density at radius 1 is 1.12 bits per heavy atom. The zero-order valence-electron chi connectivity index (χ0n) is 18.3. The number of amides is 1. The highest BCUT2D eigenvalue weighted by Gasteiger charge is 2.45. The average Bonchev–Trinajstić information content (AvgIpc) is 3.36. The molecule has 0 spiro atoms. The van der Waals surface area contributed by atoms with Gasteiger partial charge in [0.15, 0.2) is 11.5 Å². The van der Waals surface area contributed by atoms with Crippen molar-refractivity contribution >= 4 is 17.4 Å². The Balaban J connectivity index is 1.77. The molecule has 1 amide bonds. The van der Waals surface area contributed by atoms with Crippen LogP contribution >= 0.6 is 0 Å². The van der Waals surface area contributed by atoms with Crippen LogP contribution in [0.25, 0.3) is 5.76 Å². The minimum atomic E-state index is -0.703. The summed E-state index contributed by atoms with van der Waals surface area (Å²) < 4.78 is 16.0. The lowest BCUT2D eigenvalue weighted by molar-refractivity contribution is -0.139. The summed E-state index contributed by atoms with van der Waals surface area (Å²) in [5.41, 5.74) is 1.17. The number of Topliss-reactive ketones (excluding diaryl/α,β-unsaturated/α-hetero) is 1. The summed E-state index contributed by atoms with van der Waals surface area (Å²) >= 11 is 0. The Labute approximate surface area is 186 Å². The molecular weight excluding hydrogens is 412 g/mol.